The zero-order chi connectivity index (χ0) is 39.4. The van der Waals surface area contributed by atoms with Crippen LogP contribution in [0.25, 0.3) is 44.6 Å². The predicted octanol–water partition coefficient (Wildman–Crippen LogP) is 6.46. The Kier molecular flexibility index (Phi) is 9.71. The molecule has 8 rings (SSSR count). The van der Waals surface area contributed by atoms with E-state index in [9.17, 15) is 24.3 Å². The van der Waals surface area contributed by atoms with Crippen LogP contribution in [0.2, 0.25) is 0 Å². The van der Waals surface area contributed by atoms with Gasteiger partial charge in [-0.05, 0) is 73.9 Å². The van der Waals surface area contributed by atoms with Gasteiger partial charge in [-0.1, -0.05) is 45.9 Å². The van der Waals surface area contributed by atoms with Gasteiger partial charge >= 0.3 is 12.2 Å². The Morgan fingerprint density at radius 1 is 0.857 bits per heavy atom. The number of benzene rings is 2. The summed E-state index contributed by atoms with van der Waals surface area (Å²) in [5.41, 5.74) is 5.42. The number of aryl methyl sites for hydroxylation is 2. The maximum absolute atomic E-state index is 13.7. The number of aromatic nitrogens is 4. The third-order valence-corrected chi connectivity index (χ3v) is 11.5. The van der Waals surface area contributed by atoms with Crippen molar-refractivity contribution < 1.29 is 33.4 Å². The summed E-state index contributed by atoms with van der Waals surface area (Å²) < 4.78 is 11.4. The number of amides is 4. The van der Waals surface area contributed by atoms with Crippen molar-refractivity contribution in [3.8, 4) is 22.8 Å². The average molecular weight is 765 g/mol. The molecule has 1 aliphatic carbocycles. The number of methoxy groups -OCH3 is 1. The lowest BCUT2D eigenvalue weighted by atomic mass is 9.98. The molecule has 2 fully saturated rings. The lowest BCUT2D eigenvalue weighted by molar-refractivity contribution is -0.136. The third kappa shape index (κ3) is 6.62. The molecule has 4 amide bonds. The van der Waals surface area contributed by atoms with Crippen LogP contribution in [0.5, 0.6) is 0 Å². The quantitative estimate of drug-likeness (QED) is 0.112. The van der Waals surface area contributed by atoms with Gasteiger partial charge in [-0.15, -0.1) is 0 Å². The Morgan fingerprint density at radius 3 is 2.16 bits per heavy atom. The molecule has 0 spiro atoms. The van der Waals surface area contributed by atoms with Crippen molar-refractivity contribution in [3.05, 3.63) is 59.3 Å². The number of imidazole rings is 2. The predicted molar refractivity (Wildman–Crippen MR) is 208 cm³/mol. The van der Waals surface area contributed by atoms with Crippen molar-refractivity contribution >= 4 is 45.8 Å². The number of carbonyl (C=O) groups excluding carboxylic acids is 3. The number of H-pyrrole nitrogens is 2. The van der Waals surface area contributed by atoms with Gasteiger partial charge in [-0.2, -0.15) is 0 Å². The van der Waals surface area contributed by atoms with E-state index in [-0.39, 0.29) is 35.7 Å². The van der Waals surface area contributed by atoms with E-state index in [2.05, 4.69) is 32.7 Å². The lowest BCUT2D eigenvalue weighted by Crippen LogP contribution is -2.51. The van der Waals surface area contributed by atoms with Crippen molar-refractivity contribution in [2.24, 2.45) is 11.8 Å². The van der Waals surface area contributed by atoms with E-state index in [1.54, 1.807) is 4.90 Å². The highest BCUT2D eigenvalue weighted by Gasteiger charge is 2.40. The van der Waals surface area contributed by atoms with Crippen LogP contribution < -0.4 is 10.6 Å². The molecule has 3 aliphatic rings. The number of carbonyl (C=O) groups is 4. The van der Waals surface area contributed by atoms with E-state index in [4.69, 9.17) is 19.1 Å². The fourth-order valence-corrected chi connectivity index (χ4v) is 8.64. The topological polar surface area (TPSA) is 199 Å². The summed E-state index contributed by atoms with van der Waals surface area (Å²) >= 11 is 0. The van der Waals surface area contributed by atoms with Gasteiger partial charge in [0.2, 0.25) is 11.8 Å². The first-order chi connectivity index (χ1) is 26.9. The zero-order valence-electron chi connectivity index (χ0n) is 32.3. The number of aromatic amines is 2. The van der Waals surface area contributed by atoms with Gasteiger partial charge < -0.3 is 44.7 Å². The molecule has 0 bridgehead atoms. The third-order valence-electron chi connectivity index (χ3n) is 11.5. The standard InChI is InChI=1S/C41H48N8O7/c1-20(2)31(46-40(52)53)38(50)48-16-6-8-28(48)36-42-26-14-11-22-18-23(10-13-25(22)33(26)44-36)30-19-24-12-15-27-34(35(24)56-30)45-37(43-27)29-9-7-17-49(29)39(51)32(21(3)4)47-41(54)55-5/h10-11,13-14,18-21,28-29,31-32,46H,6-9,12,15-17H2,1-5H3,(H,42,44)(H,43,45)(H,47,54)(H,52,53)/t28-,29-,31-,32-/m0/s1. The van der Waals surface area contributed by atoms with E-state index in [1.165, 1.54) is 7.11 Å². The van der Waals surface area contributed by atoms with Crippen LogP contribution in [0.1, 0.15) is 88.4 Å². The minimum Gasteiger partial charge on any atom is -0.465 e. The summed E-state index contributed by atoms with van der Waals surface area (Å²) in [5.74, 6) is 2.17. The molecule has 294 valence electrons. The van der Waals surface area contributed by atoms with Gasteiger partial charge in [0, 0.05) is 35.3 Å². The molecule has 0 saturated carbocycles. The van der Waals surface area contributed by atoms with E-state index in [0.29, 0.717) is 18.9 Å². The molecule has 0 unspecified atom stereocenters. The van der Waals surface area contributed by atoms with Crippen molar-refractivity contribution in [1.29, 1.82) is 0 Å². The van der Waals surface area contributed by atoms with Crippen LogP contribution in [0.4, 0.5) is 9.59 Å². The number of hydrogen-bond acceptors (Lipinski definition) is 8. The van der Waals surface area contributed by atoms with Crippen LogP contribution in [0.15, 0.2) is 40.8 Å². The molecule has 2 saturated heterocycles. The van der Waals surface area contributed by atoms with Gasteiger partial charge in [0.05, 0.1) is 30.2 Å². The second kappa shape index (κ2) is 14.7. The SMILES string of the molecule is COC(=O)N[C@H](C(=O)N1CCC[C@H]1c1nc2c([nH]1)CCc1cc(-c3ccc4c(ccc5[nH]c([C@@H]6CCCN6C(=O)[C@@H](NC(=O)O)C(C)C)nc54)c3)oc1-2)C(C)C. The highest BCUT2D eigenvalue weighted by Crippen LogP contribution is 2.41. The van der Waals surface area contributed by atoms with E-state index in [1.807, 2.05) is 56.9 Å². The Balaban J connectivity index is 1.04. The monoisotopic (exact) mass is 764 g/mol. The molecular formula is C41H48N8O7. The summed E-state index contributed by atoms with van der Waals surface area (Å²) in [7, 11) is 1.29. The number of fused-ring (bicyclic) bond motifs is 6. The number of likely N-dealkylation sites (tertiary alicyclic amines) is 2. The lowest BCUT2D eigenvalue weighted by Gasteiger charge is -2.30. The first kappa shape index (κ1) is 37.1. The number of alkyl carbamates (subject to hydrolysis) is 1. The molecule has 5 N–H and O–H groups in total. The fraction of sp³-hybridized carbons (Fsp3) is 0.463. The van der Waals surface area contributed by atoms with Gasteiger partial charge in [0.15, 0.2) is 5.76 Å². The smallest absolute Gasteiger partial charge is 0.407 e. The molecular weight excluding hydrogens is 717 g/mol. The number of ether oxygens (including phenoxy) is 1. The molecule has 5 aromatic rings. The Morgan fingerprint density at radius 2 is 1.52 bits per heavy atom. The van der Waals surface area contributed by atoms with Gasteiger partial charge in [0.25, 0.3) is 0 Å². The van der Waals surface area contributed by atoms with E-state index < -0.39 is 24.3 Å². The summed E-state index contributed by atoms with van der Waals surface area (Å²) in [6.45, 7) is 8.59. The minimum absolute atomic E-state index is 0.122. The van der Waals surface area contributed by atoms with Crippen molar-refractivity contribution in [2.45, 2.75) is 90.4 Å². The molecule has 15 heteroatoms. The van der Waals surface area contributed by atoms with E-state index in [0.717, 1.165) is 100 Å². The number of furan rings is 1. The normalized spacial score (nSPS) is 19.1. The molecule has 2 aliphatic heterocycles. The summed E-state index contributed by atoms with van der Waals surface area (Å²) in [5, 5.41) is 16.4. The van der Waals surface area contributed by atoms with Gasteiger partial charge in [-0.3, -0.25) is 9.59 Å². The maximum Gasteiger partial charge on any atom is 0.407 e. The minimum atomic E-state index is -1.22. The fourth-order valence-electron chi connectivity index (χ4n) is 8.64. The number of carboxylic acid groups (broad SMARTS) is 1. The van der Waals surface area contributed by atoms with Gasteiger partial charge in [-0.25, -0.2) is 19.6 Å². The second-order valence-corrected chi connectivity index (χ2v) is 15.8. The van der Waals surface area contributed by atoms with Crippen molar-refractivity contribution in [2.75, 3.05) is 20.2 Å². The highest BCUT2D eigenvalue weighted by molar-refractivity contribution is 6.05. The van der Waals surface area contributed by atoms with Crippen LogP contribution in [0, 0.1) is 11.8 Å². The van der Waals surface area contributed by atoms with Crippen LogP contribution in [-0.2, 0) is 27.2 Å². The van der Waals surface area contributed by atoms with Crippen LogP contribution in [0.3, 0.4) is 0 Å². The zero-order valence-corrected chi connectivity index (χ0v) is 32.3. The molecule has 4 atom stereocenters. The van der Waals surface area contributed by atoms with Gasteiger partial charge in [0.1, 0.15) is 35.2 Å². The summed E-state index contributed by atoms with van der Waals surface area (Å²) in [6.07, 6.45) is 2.84. The van der Waals surface area contributed by atoms with E-state index >= 15 is 0 Å². The molecule has 5 heterocycles. The summed E-state index contributed by atoms with van der Waals surface area (Å²) in [6, 6.07) is 10.2. The molecule has 2 aromatic carbocycles. The molecule has 56 heavy (non-hydrogen) atoms. The van der Waals surface area contributed by atoms with Crippen molar-refractivity contribution in [3.63, 3.8) is 0 Å². The molecule has 0 radical (unpaired) electrons. The number of nitrogens with one attached hydrogen (secondary N) is 4. The second-order valence-electron chi connectivity index (χ2n) is 15.8. The Bertz CT molecular complexity index is 2340. The first-order valence-electron chi connectivity index (χ1n) is 19.5. The number of nitrogens with zero attached hydrogens (tertiary/aromatic N) is 4. The largest absolute Gasteiger partial charge is 0.465 e. The summed E-state index contributed by atoms with van der Waals surface area (Å²) in [4.78, 5) is 71.3. The molecule has 3 aromatic heterocycles. The number of hydrogen-bond donors (Lipinski definition) is 5. The Labute approximate surface area is 323 Å². The van der Waals surface area contributed by atoms with Crippen LogP contribution >= 0.6 is 0 Å². The first-order valence-corrected chi connectivity index (χ1v) is 19.5. The molecule has 15 nitrogen and oxygen atoms in total. The number of rotatable bonds is 9. The van der Waals surface area contributed by atoms with Crippen molar-refractivity contribution in [1.82, 2.24) is 40.4 Å². The average Bonchev–Trinajstić information content (AvgIpc) is 4.02. The highest BCUT2D eigenvalue weighted by atomic mass is 16.5. The van der Waals surface area contributed by atoms with Crippen LogP contribution in [-0.4, -0.2) is 91.1 Å². The Hall–Kier alpha value is -5.86. The maximum atomic E-state index is 13.7.